The molecule has 3 rings (SSSR count). The first-order valence-electron chi connectivity index (χ1n) is 10.1. The van der Waals surface area contributed by atoms with Crippen LogP contribution in [0.2, 0.25) is 0 Å². The Morgan fingerprint density at radius 1 is 1.30 bits per heavy atom. The number of hydrogen-bond donors (Lipinski definition) is 3. The van der Waals surface area contributed by atoms with Crippen molar-refractivity contribution >= 4 is 34.6 Å². The summed E-state index contributed by atoms with van der Waals surface area (Å²) in [5.74, 6) is 1.01. The molecule has 6 nitrogen and oxygen atoms in total. The minimum absolute atomic E-state index is 0.114. The maximum atomic E-state index is 6.02. The molecule has 0 bridgehead atoms. The fourth-order valence-electron chi connectivity index (χ4n) is 3.81. The number of nitrogens with zero attached hydrogens (tertiary/aromatic N) is 3. The van der Waals surface area contributed by atoms with Gasteiger partial charge in [0, 0.05) is 28.4 Å². The highest BCUT2D eigenvalue weighted by Gasteiger charge is 2.25. The molecule has 4 N–H and O–H groups in total. The predicted molar refractivity (Wildman–Crippen MR) is 115 cm³/mol. The van der Waals surface area contributed by atoms with E-state index in [1.54, 1.807) is 0 Å². The molecule has 1 aliphatic carbocycles. The molecule has 2 aromatic rings. The second kappa shape index (κ2) is 9.06. The molecular formula is C20H32N6S. The van der Waals surface area contributed by atoms with Gasteiger partial charge >= 0.3 is 0 Å². The molecule has 148 valence electrons. The van der Waals surface area contributed by atoms with Gasteiger partial charge in [-0.3, -0.25) is 0 Å². The number of hydrogen-bond acceptors (Lipinski definition) is 7. The van der Waals surface area contributed by atoms with Gasteiger partial charge in [0.1, 0.15) is 5.52 Å². The smallest absolute Gasteiger partial charge is 0.222 e. The summed E-state index contributed by atoms with van der Waals surface area (Å²) in [6, 6.07) is 2.11. The zero-order valence-corrected chi connectivity index (χ0v) is 17.5. The molecule has 1 fully saturated rings. The molecule has 1 aliphatic rings. The van der Waals surface area contributed by atoms with Crippen molar-refractivity contribution < 1.29 is 0 Å². The Bertz CT molecular complexity index is 761. The van der Waals surface area contributed by atoms with E-state index < -0.39 is 0 Å². The second-order valence-electron chi connectivity index (χ2n) is 7.81. The van der Waals surface area contributed by atoms with Crippen molar-refractivity contribution in [1.82, 2.24) is 20.3 Å². The van der Waals surface area contributed by atoms with Crippen LogP contribution < -0.4 is 16.4 Å². The number of pyridine rings is 1. The monoisotopic (exact) mass is 388 g/mol. The SMILES string of the molecule is CCCCC(C)(CNC)Nc1nc(N)nc2cc(SC3CCCC3)cnc12. The number of anilines is 2. The van der Waals surface area contributed by atoms with Crippen LogP contribution >= 0.6 is 11.8 Å². The largest absolute Gasteiger partial charge is 0.368 e. The van der Waals surface area contributed by atoms with E-state index in [1.165, 1.54) is 30.6 Å². The highest BCUT2D eigenvalue weighted by atomic mass is 32.2. The number of unbranched alkanes of at least 4 members (excludes halogenated alkanes) is 1. The fraction of sp³-hybridized carbons (Fsp3) is 0.650. The summed E-state index contributed by atoms with van der Waals surface area (Å²) >= 11 is 1.92. The molecule has 1 saturated carbocycles. The second-order valence-corrected chi connectivity index (χ2v) is 9.19. The highest BCUT2D eigenvalue weighted by molar-refractivity contribution is 8.00. The molecule has 0 spiro atoms. The van der Waals surface area contributed by atoms with E-state index in [-0.39, 0.29) is 11.5 Å². The third-order valence-electron chi connectivity index (χ3n) is 5.20. The van der Waals surface area contributed by atoms with Crippen LogP contribution in [0.4, 0.5) is 11.8 Å². The van der Waals surface area contributed by atoms with Crippen molar-refractivity contribution in [3.8, 4) is 0 Å². The molecule has 7 heteroatoms. The maximum absolute atomic E-state index is 6.02. The Hall–Kier alpha value is -1.60. The molecule has 2 aromatic heterocycles. The van der Waals surface area contributed by atoms with Crippen LogP contribution in [-0.4, -0.2) is 39.3 Å². The lowest BCUT2D eigenvalue weighted by Crippen LogP contribution is -2.44. The zero-order valence-electron chi connectivity index (χ0n) is 16.7. The molecule has 27 heavy (non-hydrogen) atoms. The lowest BCUT2D eigenvalue weighted by atomic mass is 9.94. The van der Waals surface area contributed by atoms with Crippen LogP contribution in [0.1, 0.15) is 58.8 Å². The fourth-order valence-corrected chi connectivity index (χ4v) is 5.05. The van der Waals surface area contributed by atoms with Gasteiger partial charge < -0.3 is 16.4 Å². The normalized spacial score (nSPS) is 17.3. The van der Waals surface area contributed by atoms with Gasteiger partial charge in [-0.1, -0.05) is 32.6 Å². The summed E-state index contributed by atoms with van der Waals surface area (Å²) in [6.45, 7) is 5.27. The van der Waals surface area contributed by atoms with Crippen molar-refractivity contribution in [3.05, 3.63) is 12.3 Å². The minimum atomic E-state index is -0.114. The zero-order chi connectivity index (χ0) is 19.3. The minimum Gasteiger partial charge on any atom is -0.368 e. The molecule has 0 amide bonds. The Balaban J connectivity index is 1.87. The van der Waals surface area contributed by atoms with E-state index in [2.05, 4.69) is 40.5 Å². The van der Waals surface area contributed by atoms with E-state index >= 15 is 0 Å². The maximum Gasteiger partial charge on any atom is 0.222 e. The van der Waals surface area contributed by atoms with Gasteiger partial charge in [-0.2, -0.15) is 4.98 Å². The molecule has 1 atom stereocenters. The van der Waals surface area contributed by atoms with Gasteiger partial charge in [0.25, 0.3) is 0 Å². The van der Waals surface area contributed by atoms with Crippen molar-refractivity contribution in [1.29, 1.82) is 0 Å². The summed E-state index contributed by atoms with van der Waals surface area (Å²) in [6.07, 6.45) is 10.6. The van der Waals surface area contributed by atoms with Crippen LogP contribution in [0.15, 0.2) is 17.2 Å². The first kappa shape index (κ1) is 20.1. The molecule has 0 saturated heterocycles. The van der Waals surface area contributed by atoms with Gasteiger partial charge in [-0.25, -0.2) is 9.97 Å². The van der Waals surface area contributed by atoms with Gasteiger partial charge in [0.2, 0.25) is 5.95 Å². The van der Waals surface area contributed by atoms with E-state index in [1.807, 2.05) is 25.0 Å². The predicted octanol–water partition coefficient (Wildman–Crippen LogP) is 4.22. The topological polar surface area (TPSA) is 88.8 Å². The van der Waals surface area contributed by atoms with E-state index in [9.17, 15) is 0 Å². The lowest BCUT2D eigenvalue weighted by Gasteiger charge is -2.31. The standard InChI is InChI=1S/C20H32N6S/c1-4-5-10-20(2,13-22-3)26-18-17-16(24-19(21)25-18)11-15(12-23-17)27-14-8-6-7-9-14/h11-12,14,22H,4-10,13H2,1-3H3,(H3,21,24,25,26). The molecule has 2 heterocycles. The molecular weight excluding hydrogens is 356 g/mol. The summed E-state index contributed by atoms with van der Waals surface area (Å²) in [4.78, 5) is 14.8. The van der Waals surface area contributed by atoms with E-state index in [0.29, 0.717) is 5.25 Å². The van der Waals surface area contributed by atoms with Crippen LogP contribution in [0.3, 0.4) is 0 Å². The number of aromatic nitrogens is 3. The van der Waals surface area contributed by atoms with Crippen LogP contribution in [-0.2, 0) is 0 Å². The summed E-state index contributed by atoms with van der Waals surface area (Å²) in [5.41, 5.74) is 7.51. The van der Waals surface area contributed by atoms with E-state index in [4.69, 9.17) is 10.7 Å². The molecule has 0 radical (unpaired) electrons. The van der Waals surface area contributed by atoms with E-state index in [0.717, 1.165) is 42.7 Å². The van der Waals surface area contributed by atoms with Crippen molar-refractivity contribution in [2.24, 2.45) is 0 Å². The number of thioether (sulfide) groups is 1. The molecule has 1 unspecified atom stereocenters. The van der Waals surface area contributed by atoms with Gasteiger partial charge in [-0.15, -0.1) is 11.8 Å². The number of rotatable bonds is 9. The van der Waals surface area contributed by atoms with Crippen molar-refractivity contribution in [2.45, 2.75) is 74.5 Å². The Morgan fingerprint density at radius 3 is 2.78 bits per heavy atom. The van der Waals surface area contributed by atoms with Crippen LogP contribution in [0.25, 0.3) is 11.0 Å². The first-order chi connectivity index (χ1) is 13.0. The Kier molecular flexibility index (Phi) is 6.76. The van der Waals surface area contributed by atoms with Crippen LogP contribution in [0, 0.1) is 0 Å². The van der Waals surface area contributed by atoms with Crippen LogP contribution in [0.5, 0.6) is 0 Å². The average Bonchev–Trinajstić information content (AvgIpc) is 3.13. The quantitative estimate of drug-likeness (QED) is 0.592. The molecule has 0 aromatic carbocycles. The highest BCUT2D eigenvalue weighted by Crippen LogP contribution is 2.36. The van der Waals surface area contributed by atoms with Gasteiger partial charge in [-0.05, 0) is 39.3 Å². The number of nitrogens with one attached hydrogen (secondary N) is 2. The third kappa shape index (κ3) is 5.23. The van der Waals surface area contributed by atoms with Gasteiger partial charge in [0.15, 0.2) is 5.82 Å². The lowest BCUT2D eigenvalue weighted by molar-refractivity contribution is 0.433. The number of nitrogens with two attached hydrogens (primary N) is 1. The number of nitrogen functional groups attached to an aromatic ring is 1. The average molecular weight is 389 g/mol. The van der Waals surface area contributed by atoms with Crippen molar-refractivity contribution in [2.75, 3.05) is 24.6 Å². The van der Waals surface area contributed by atoms with Crippen molar-refractivity contribution in [3.63, 3.8) is 0 Å². The Labute approximate surface area is 166 Å². The third-order valence-corrected chi connectivity index (χ3v) is 6.50. The summed E-state index contributed by atoms with van der Waals surface area (Å²) in [5, 5.41) is 7.60. The summed E-state index contributed by atoms with van der Waals surface area (Å²) in [7, 11) is 1.98. The summed E-state index contributed by atoms with van der Waals surface area (Å²) < 4.78 is 0. The van der Waals surface area contributed by atoms with Gasteiger partial charge in [0.05, 0.1) is 5.52 Å². The number of likely N-dealkylation sites (N-methyl/N-ethyl adjacent to an activating group) is 1. The first-order valence-corrected chi connectivity index (χ1v) is 10.9. The number of fused-ring (bicyclic) bond motifs is 1. The molecule has 0 aliphatic heterocycles. The Morgan fingerprint density at radius 2 is 2.07 bits per heavy atom.